The van der Waals surface area contributed by atoms with E-state index in [-0.39, 0.29) is 0 Å². The Labute approximate surface area is 126 Å². The molecule has 0 radical (unpaired) electrons. The lowest BCUT2D eigenvalue weighted by molar-refractivity contribution is 1.18. The van der Waals surface area contributed by atoms with Crippen molar-refractivity contribution in [2.75, 3.05) is 5.43 Å². The number of benzene rings is 2. The van der Waals surface area contributed by atoms with Gasteiger partial charge in [0.25, 0.3) is 0 Å². The Morgan fingerprint density at radius 3 is 2.68 bits per heavy atom. The molecule has 106 valence electrons. The van der Waals surface area contributed by atoms with E-state index in [0.717, 1.165) is 27.5 Å². The first-order valence-electron chi connectivity index (χ1n) is 6.97. The van der Waals surface area contributed by atoms with Gasteiger partial charge in [0.2, 0.25) is 0 Å². The molecule has 0 atom stereocenters. The van der Waals surface area contributed by atoms with Crippen molar-refractivity contribution in [2.45, 2.75) is 0 Å². The van der Waals surface area contributed by atoms with E-state index in [0.29, 0.717) is 5.82 Å². The highest BCUT2D eigenvalue weighted by molar-refractivity contribution is 6.07. The Morgan fingerprint density at radius 2 is 1.77 bits per heavy atom. The predicted octanol–water partition coefficient (Wildman–Crippen LogP) is 3.56. The molecule has 0 unspecified atom stereocenters. The summed E-state index contributed by atoms with van der Waals surface area (Å²) < 4.78 is 0. The number of para-hydroxylation sites is 1. The third-order valence-electron chi connectivity index (χ3n) is 3.47. The highest BCUT2D eigenvalue weighted by Gasteiger charge is 2.09. The lowest BCUT2D eigenvalue weighted by Crippen LogP contribution is -1.95. The Morgan fingerprint density at radius 1 is 0.955 bits per heavy atom. The number of hydrogen-bond donors (Lipinski definition) is 2. The summed E-state index contributed by atoms with van der Waals surface area (Å²) in [4.78, 5) is 12.0. The third-order valence-corrected chi connectivity index (χ3v) is 3.47. The number of aromatic amines is 1. The lowest BCUT2D eigenvalue weighted by atomic mass is 10.2. The van der Waals surface area contributed by atoms with Crippen molar-refractivity contribution in [3.63, 3.8) is 0 Å². The van der Waals surface area contributed by atoms with Crippen molar-refractivity contribution in [1.29, 1.82) is 0 Å². The fourth-order valence-electron chi connectivity index (χ4n) is 2.43. The van der Waals surface area contributed by atoms with E-state index in [2.05, 4.69) is 25.5 Å². The number of H-pyrrole nitrogens is 1. The molecule has 0 aliphatic rings. The van der Waals surface area contributed by atoms with Gasteiger partial charge in [-0.1, -0.05) is 48.5 Å². The molecule has 2 heterocycles. The summed E-state index contributed by atoms with van der Waals surface area (Å²) >= 11 is 0. The molecule has 4 rings (SSSR count). The van der Waals surface area contributed by atoms with Crippen LogP contribution in [0.4, 0.5) is 5.82 Å². The van der Waals surface area contributed by atoms with Gasteiger partial charge in [0.15, 0.2) is 5.82 Å². The molecule has 2 aromatic heterocycles. The van der Waals surface area contributed by atoms with E-state index in [1.165, 1.54) is 0 Å². The Bertz CT molecular complexity index is 957. The molecule has 4 aromatic rings. The van der Waals surface area contributed by atoms with Crippen LogP contribution >= 0.6 is 0 Å². The monoisotopic (exact) mass is 287 g/mol. The Hall–Kier alpha value is -3.21. The van der Waals surface area contributed by atoms with Crippen LogP contribution in [0.5, 0.6) is 0 Å². The third kappa shape index (κ3) is 2.18. The topological polar surface area (TPSA) is 66.0 Å². The molecular formula is C17H13N5. The van der Waals surface area contributed by atoms with Gasteiger partial charge >= 0.3 is 0 Å². The predicted molar refractivity (Wildman–Crippen MR) is 89.1 cm³/mol. The minimum atomic E-state index is 0.661. The van der Waals surface area contributed by atoms with Crippen LogP contribution in [0.25, 0.3) is 21.9 Å². The number of hydrazone groups is 1. The summed E-state index contributed by atoms with van der Waals surface area (Å²) in [7, 11) is 0. The van der Waals surface area contributed by atoms with Crippen LogP contribution in [0.1, 0.15) is 5.56 Å². The van der Waals surface area contributed by atoms with E-state index in [9.17, 15) is 0 Å². The maximum absolute atomic E-state index is 4.36. The number of aromatic nitrogens is 3. The summed E-state index contributed by atoms with van der Waals surface area (Å²) in [5.74, 6) is 0.661. The zero-order chi connectivity index (χ0) is 14.8. The van der Waals surface area contributed by atoms with Crippen LogP contribution in [-0.2, 0) is 0 Å². The van der Waals surface area contributed by atoms with Gasteiger partial charge in [0, 0.05) is 10.9 Å². The first kappa shape index (κ1) is 12.5. The van der Waals surface area contributed by atoms with Crippen LogP contribution in [0.2, 0.25) is 0 Å². The normalized spacial score (nSPS) is 11.5. The maximum Gasteiger partial charge on any atom is 0.174 e. The SMILES string of the molecule is C(=N\Nc1ncnc2c1[nH]c1ccccc12)/c1ccccc1. The number of fused-ring (bicyclic) bond motifs is 3. The van der Waals surface area contributed by atoms with Gasteiger partial charge in [0.05, 0.1) is 6.21 Å². The minimum absolute atomic E-state index is 0.661. The first-order valence-corrected chi connectivity index (χ1v) is 6.97. The zero-order valence-corrected chi connectivity index (χ0v) is 11.7. The first-order chi connectivity index (χ1) is 10.9. The second kappa shape index (κ2) is 5.29. The number of rotatable bonds is 3. The molecule has 0 spiro atoms. The minimum Gasteiger partial charge on any atom is -0.350 e. The summed E-state index contributed by atoms with van der Waals surface area (Å²) in [6, 6.07) is 18.0. The molecule has 0 aliphatic carbocycles. The molecule has 0 saturated carbocycles. The molecule has 5 nitrogen and oxygen atoms in total. The van der Waals surface area contributed by atoms with E-state index < -0.39 is 0 Å². The average molecular weight is 287 g/mol. The van der Waals surface area contributed by atoms with E-state index >= 15 is 0 Å². The Balaban J connectivity index is 1.71. The van der Waals surface area contributed by atoms with E-state index in [1.807, 2.05) is 54.6 Å². The standard InChI is InChI=1S/C17H13N5/c1-2-6-12(7-3-1)10-20-22-17-16-15(18-11-19-17)13-8-4-5-9-14(13)21-16/h1-11,21H,(H,18,19,22)/b20-10+. The van der Waals surface area contributed by atoms with Crippen LogP contribution in [-0.4, -0.2) is 21.2 Å². The molecule has 0 saturated heterocycles. The number of nitrogens with one attached hydrogen (secondary N) is 2. The molecule has 0 aliphatic heterocycles. The number of nitrogens with zero attached hydrogens (tertiary/aromatic N) is 3. The highest BCUT2D eigenvalue weighted by Crippen LogP contribution is 2.26. The Kier molecular flexibility index (Phi) is 3.01. The summed E-state index contributed by atoms with van der Waals surface area (Å²) in [5, 5.41) is 5.33. The van der Waals surface area contributed by atoms with Gasteiger partial charge in [-0.25, -0.2) is 9.97 Å². The van der Waals surface area contributed by atoms with Crippen LogP contribution in [0.15, 0.2) is 66.0 Å². The molecular weight excluding hydrogens is 274 g/mol. The van der Waals surface area contributed by atoms with Gasteiger partial charge in [-0.3, -0.25) is 5.43 Å². The number of hydrogen-bond acceptors (Lipinski definition) is 4. The second-order valence-corrected chi connectivity index (χ2v) is 4.90. The molecule has 2 aromatic carbocycles. The zero-order valence-electron chi connectivity index (χ0n) is 11.7. The highest BCUT2D eigenvalue weighted by atomic mass is 15.3. The average Bonchev–Trinajstić information content (AvgIpc) is 2.96. The second-order valence-electron chi connectivity index (χ2n) is 4.90. The largest absolute Gasteiger partial charge is 0.350 e. The summed E-state index contributed by atoms with van der Waals surface area (Å²) in [6.45, 7) is 0. The van der Waals surface area contributed by atoms with E-state index in [4.69, 9.17) is 0 Å². The van der Waals surface area contributed by atoms with Crippen molar-refractivity contribution in [2.24, 2.45) is 5.10 Å². The fraction of sp³-hybridized carbons (Fsp3) is 0. The number of anilines is 1. The van der Waals surface area contributed by atoms with E-state index in [1.54, 1.807) is 12.5 Å². The molecule has 22 heavy (non-hydrogen) atoms. The maximum atomic E-state index is 4.36. The van der Waals surface area contributed by atoms with Crippen molar-refractivity contribution in [3.05, 3.63) is 66.5 Å². The van der Waals surface area contributed by atoms with Crippen molar-refractivity contribution < 1.29 is 0 Å². The van der Waals surface area contributed by atoms with Gasteiger partial charge in [-0.15, -0.1) is 0 Å². The summed E-state index contributed by atoms with van der Waals surface area (Å²) in [5.41, 5.74) is 6.79. The van der Waals surface area contributed by atoms with Crippen molar-refractivity contribution in [3.8, 4) is 0 Å². The smallest absolute Gasteiger partial charge is 0.174 e. The van der Waals surface area contributed by atoms with Gasteiger partial charge in [-0.05, 0) is 11.6 Å². The van der Waals surface area contributed by atoms with Gasteiger partial charge in [-0.2, -0.15) is 5.10 Å². The fourth-order valence-corrected chi connectivity index (χ4v) is 2.43. The molecule has 2 N–H and O–H groups in total. The molecule has 5 heteroatoms. The lowest BCUT2D eigenvalue weighted by Gasteiger charge is -2.00. The van der Waals surface area contributed by atoms with Gasteiger partial charge < -0.3 is 4.98 Å². The molecule has 0 amide bonds. The molecule has 0 bridgehead atoms. The van der Waals surface area contributed by atoms with Crippen molar-refractivity contribution >= 4 is 34.0 Å². The molecule has 0 fully saturated rings. The van der Waals surface area contributed by atoms with Crippen molar-refractivity contribution in [1.82, 2.24) is 15.0 Å². The van der Waals surface area contributed by atoms with Crippen LogP contribution in [0, 0.1) is 0 Å². The quantitative estimate of drug-likeness (QED) is 0.447. The van der Waals surface area contributed by atoms with Crippen LogP contribution < -0.4 is 5.43 Å². The van der Waals surface area contributed by atoms with Gasteiger partial charge in [0.1, 0.15) is 17.4 Å². The van der Waals surface area contributed by atoms with Crippen LogP contribution in [0.3, 0.4) is 0 Å². The summed E-state index contributed by atoms with van der Waals surface area (Å²) in [6.07, 6.45) is 3.31.